The lowest BCUT2D eigenvalue weighted by Gasteiger charge is -2.35. The van der Waals surface area contributed by atoms with Gasteiger partial charge in [0, 0.05) is 37.8 Å². The highest BCUT2D eigenvalue weighted by Crippen LogP contribution is 2.36. The van der Waals surface area contributed by atoms with Crippen LogP contribution in [0.5, 0.6) is 0 Å². The molecule has 2 aromatic heterocycles. The molecule has 36 heavy (non-hydrogen) atoms. The van der Waals surface area contributed by atoms with Gasteiger partial charge in [0.05, 0.1) is 23.6 Å². The minimum Gasteiger partial charge on any atom is -0.391 e. The van der Waals surface area contributed by atoms with E-state index < -0.39 is 17.8 Å². The van der Waals surface area contributed by atoms with Gasteiger partial charge in [0.15, 0.2) is 0 Å². The number of carbonyl (C=O) groups excluding carboxylic acids is 1. The molecule has 3 aromatic rings. The molecule has 1 saturated carbocycles. The monoisotopic (exact) mass is 501 g/mol. The number of hydrogen-bond donors (Lipinski definition) is 1. The molecule has 1 saturated heterocycles. The van der Waals surface area contributed by atoms with Crippen LogP contribution in [0.4, 0.5) is 19.0 Å². The van der Waals surface area contributed by atoms with Gasteiger partial charge >= 0.3 is 6.18 Å². The molecule has 2 aliphatic rings. The Morgan fingerprint density at radius 2 is 1.89 bits per heavy atom. The summed E-state index contributed by atoms with van der Waals surface area (Å²) in [6.45, 7) is 4.24. The van der Waals surface area contributed by atoms with Crippen molar-refractivity contribution >= 4 is 22.6 Å². The minimum absolute atomic E-state index is 0.0499. The van der Waals surface area contributed by atoms with Crippen LogP contribution in [0.15, 0.2) is 42.9 Å². The van der Waals surface area contributed by atoms with Crippen molar-refractivity contribution in [3.05, 3.63) is 54.0 Å². The van der Waals surface area contributed by atoms with Gasteiger partial charge in [0.1, 0.15) is 23.6 Å². The van der Waals surface area contributed by atoms with Crippen LogP contribution in [0.1, 0.15) is 37.3 Å². The predicted molar refractivity (Wildman–Crippen MR) is 129 cm³/mol. The average molecular weight is 502 g/mol. The lowest BCUT2D eigenvalue weighted by molar-refractivity contribution is -0.137. The first-order valence-electron chi connectivity index (χ1n) is 12.3. The first-order chi connectivity index (χ1) is 17.2. The molecule has 1 aromatic carbocycles. The zero-order chi connectivity index (χ0) is 25.4. The molecule has 0 bridgehead atoms. The van der Waals surface area contributed by atoms with Crippen LogP contribution < -0.4 is 4.90 Å². The van der Waals surface area contributed by atoms with E-state index in [0.29, 0.717) is 32.2 Å². The number of benzene rings is 1. The molecule has 192 valence electrons. The number of alkyl halides is 3. The number of aliphatic hydroxyl groups excluding tert-OH is 1. The first-order valence-corrected chi connectivity index (χ1v) is 12.3. The molecular weight excluding hydrogens is 471 g/mol. The van der Waals surface area contributed by atoms with Crippen molar-refractivity contribution in [2.45, 2.75) is 57.6 Å². The summed E-state index contributed by atoms with van der Waals surface area (Å²) >= 11 is 0. The van der Waals surface area contributed by atoms with Crippen LogP contribution >= 0.6 is 0 Å². The molecule has 0 amide bonds. The van der Waals surface area contributed by atoms with Crippen molar-refractivity contribution in [2.24, 2.45) is 5.92 Å². The summed E-state index contributed by atoms with van der Waals surface area (Å²) in [5.74, 6) is 0.921. The van der Waals surface area contributed by atoms with Gasteiger partial charge in [-0.3, -0.25) is 9.69 Å². The number of piperidine rings is 1. The molecule has 2 fully saturated rings. The molecule has 1 unspecified atom stereocenters. The highest BCUT2D eigenvalue weighted by atomic mass is 19.4. The number of halogens is 3. The van der Waals surface area contributed by atoms with Gasteiger partial charge in [-0.25, -0.2) is 9.97 Å². The molecule has 10 heteroatoms. The quantitative estimate of drug-likeness (QED) is 0.505. The molecule has 0 spiro atoms. The zero-order valence-electron chi connectivity index (χ0n) is 20.2. The Morgan fingerprint density at radius 1 is 1.14 bits per heavy atom. The van der Waals surface area contributed by atoms with E-state index in [0.717, 1.165) is 60.4 Å². The lowest BCUT2D eigenvalue weighted by Crippen LogP contribution is -2.46. The second-order valence-electron chi connectivity index (χ2n) is 10.0. The Kier molecular flexibility index (Phi) is 6.74. The van der Waals surface area contributed by atoms with Gasteiger partial charge in [-0.1, -0.05) is 12.1 Å². The van der Waals surface area contributed by atoms with E-state index in [-0.39, 0.29) is 11.7 Å². The highest BCUT2D eigenvalue weighted by molar-refractivity contribution is 5.88. The third-order valence-corrected chi connectivity index (χ3v) is 7.11. The molecule has 7 nitrogen and oxygen atoms in total. The number of likely N-dealkylation sites (tertiary alicyclic amines) is 1. The topological polar surface area (TPSA) is 74.5 Å². The predicted octanol–water partition coefficient (Wildman–Crippen LogP) is 3.89. The van der Waals surface area contributed by atoms with Crippen LogP contribution in [-0.2, 0) is 24.1 Å². The fourth-order valence-electron chi connectivity index (χ4n) is 5.10. The molecule has 2 atom stereocenters. The SMILES string of the molecule is CC(=O)CN1CCC(Cn2ccc3c(N(Cc4ccc(C(F)(F)F)cc4)C4CC4)ncnc32)[C@@H](O)C1. The van der Waals surface area contributed by atoms with Crippen LogP contribution in [0.3, 0.4) is 0 Å². The van der Waals surface area contributed by atoms with E-state index in [1.807, 2.05) is 21.7 Å². The van der Waals surface area contributed by atoms with E-state index in [9.17, 15) is 23.1 Å². The number of anilines is 1. The van der Waals surface area contributed by atoms with Crippen molar-refractivity contribution in [3.63, 3.8) is 0 Å². The van der Waals surface area contributed by atoms with E-state index in [4.69, 9.17) is 0 Å². The van der Waals surface area contributed by atoms with Gasteiger partial charge in [-0.05, 0) is 56.5 Å². The van der Waals surface area contributed by atoms with Crippen molar-refractivity contribution < 1.29 is 23.1 Å². The summed E-state index contributed by atoms with van der Waals surface area (Å²) < 4.78 is 40.9. The fraction of sp³-hybridized carbons (Fsp3) is 0.500. The van der Waals surface area contributed by atoms with Crippen molar-refractivity contribution in [1.29, 1.82) is 0 Å². The lowest BCUT2D eigenvalue weighted by atomic mass is 9.93. The van der Waals surface area contributed by atoms with Crippen molar-refractivity contribution in [3.8, 4) is 0 Å². The van der Waals surface area contributed by atoms with Crippen LogP contribution in [0.2, 0.25) is 0 Å². The standard InChI is InChI=1S/C26H30F3N5O2/c1-17(35)12-32-10-8-19(23(36)15-32)14-33-11-9-22-24(33)30-16-31-25(22)34(21-6-7-21)13-18-2-4-20(5-3-18)26(27,28)29/h2-5,9,11,16,19,21,23,36H,6-8,10,12-15H2,1H3/t19?,23-/m0/s1. The molecular formula is C26H30F3N5O2. The van der Waals surface area contributed by atoms with E-state index in [2.05, 4.69) is 14.9 Å². The average Bonchev–Trinajstić information content (AvgIpc) is 3.59. The Labute approximate surface area is 207 Å². The van der Waals surface area contributed by atoms with Gasteiger partial charge < -0.3 is 14.6 Å². The number of β-amino-alcohol motifs (C(OH)–C–C–N with tert-alkyl or cyclic N) is 1. The number of carbonyl (C=O) groups is 1. The number of rotatable bonds is 8. The van der Waals surface area contributed by atoms with E-state index >= 15 is 0 Å². The number of aliphatic hydroxyl groups is 1. The molecule has 1 N–H and O–H groups in total. The summed E-state index contributed by atoms with van der Waals surface area (Å²) in [5.41, 5.74) is 0.915. The molecule has 3 heterocycles. The Hall–Kier alpha value is -2.98. The summed E-state index contributed by atoms with van der Waals surface area (Å²) in [7, 11) is 0. The minimum atomic E-state index is -4.35. The molecule has 1 aliphatic heterocycles. The summed E-state index contributed by atoms with van der Waals surface area (Å²) in [5, 5.41) is 11.6. The number of Topliss-reactive ketones (excluding diaryl/α,β-unsaturated/α-hetero) is 1. The fourth-order valence-corrected chi connectivity index (χ4v) is 5.10. The van der Waals surface area contributed by atoms with Crippen LogP contribution in [-0.4, -0.2) is 62.1 Å². The maximum atomic E-state index is 13.0. The third kappa shape index (κ3) is 5.39. The normalized spacial score (nSPS) is 21.1. The maximum absolute atomic E-state index is 13.0. The molecule has 5 rings (SSSR count). The van der Waals surface area contributed by atoms with Crippen LogP contribution in [0.25, 0.3) is 11.0 Å². The van der Waals surface area contributed by atoms with Gasteiger partial charge in [0.25, 0.3) is 0 Å². The van der Waals surface area contributed by atoms with Gasteiger partial charge in [-0.2, -0.15) is 13.2 Å². The first kappa shape index (κ1) is 24.7. The number of nitrogens with zero attached hydrogens (tertiary/aromatic N) is 5. The second kappa shape index (κ2) is 9.82. The number of aromatic nitrogens is 3. The largest absolute Gasteiger partial charge is 0.416 e. The van der Waals surface area contributed by atoms with Crippen LogP contribution in [0, 0.1) is 5.92 Å². The smallest absolute Gasteiger partial charge is 0.391 e. The Balaban J connectivity index is 1.34. The molecule has 0 radical (unpaired) electrons. The third-order valence-electron chi connectivity index (χ3n) is 7.11. The van der Waals surface area contributed by atoms with E-state index in [1.54, 1.807) is 6.92 Å². The molecule has 1 aliphatic carbocycles. The van der Waals surface area contributed by atoms with E-state index in [1.165, 1.54) is 18.5 Å². The van der Waals surface area contributed by atoms with Gasteiger partial charge in [-0.15, -0.1) is 0 Å². The van der Waals surface area contributed by atoms with Gasteiger partial charge in [0.2, 0.25) is 0 Å². The summed E-state index contributed by atoms with van der Waals surface area (Å²) in [6, 6.07) is 7.58. The Morgan fingerprint density at radius 3 is 2.53 bits per heavy atom. The number of fused-ring (bicyclic) bond motifs is 1. The summed E-state index contributed by atoms with van der Waals surface area (Å²) in [4.78, 5) is 24.7. The number of hydrogen-bond acceptors (Lipinski definition) is 6. The van der Waals surface area contributed by atoms with Crippen molar-refractivity contribution in [1.82, 2.24) is 19.4 Å². The van der Waals surface area contributed by atoms with Crippen molar-refractivity contribution in [2.75, 3.05) is 24.5 Å². The zero-order valence-corrected chi connectivity index (χ0v) is 20.2. The highest BCUT2D eigenvalue weighted by Gasteiger charge is 2.33. The maximum Gasteiger partial charge on any atom is 0.416 e. The second-order valence-corrected chi connectivity index (χ2v) is 10.0. The number of ketones is 1. The summed E-state index contributed by atoms with van der Waals surface area (Å²) in [6.07, 6.45) is 1.42. The Bertz CT molecular complexity index is 1220.